The van der Waals surface area contributed by atoms with Crippen molar-refractivity contribution in [1.82, 2.24) is 0 Å². The maximum absolute atomic E-state index is 12.8. The van der Waals surface area contributed by atoms with Crippen LogP contribution in [-0.2, 0) is 37.5 Å². The van der Waals surface area contributed by atoms with Crippen molar-refractivity contribution in [1.29, 1.82) is 0 Å². The fraction of sp³-hybridized carbons (Fsp3) is 0.688. The number of carbonyl (C=O) groups is 3. The average Bonchev–Trinajstić information content (AvgIpc) is 3.52. The molecule has 1 fully saturated rings. The molecule has 360 valence electrons. The highest BCUT2D eigenvalue weighted by molar-refractivity contribution is 7.47. The number of ether oxygens (including phenoxy) is 2. The van der Waals surface area contributed by atoms with Crippen molar-refractivity contribution < 1.29 is 62.8 Å². The average molecular weight is 910 g/mol. The minimum Gasteiger partial charge on any atom is -0.480 e. The van der Waals surface area contributed by atoms with Gasteiger partial charge in [-0.3, -0.25) is 23.4 Å². The number of phosphoric ester groups is 1. The molecule has 0 aromatic carbocycles. The third-order valence-corrected chi connectivity index (χ3v) is 11.4. The lowest BCUT2D eigenvalue weighted by molar-refractivity contribution is -0.161. The highest BCUT2D eigenvalue weighted by Gasteiger charge is 2.39. The van der Waals surface area contributed by atoms with Crippen LogP contribution in [0, 0.1) is 11.8 Å². The lowest BCUT2D eigenvalue weighted by Gasteiger charge is -2.20. The van der Waals surface area contributed by atoms with Crippen molar-refractivity contribution in [3.05, 3.63) is 72.9 Å². The van der Waals surface area contributed by atoms with Crippen LogP contribution in [-0.4, -0.2) is 93.5 Å². The van der Waals surface area contributed by atoms with Gasteiger partial charge >= 0.3 is 25.7 Å². The number of allylic oxidation sites excluding steroid dienone is 10. The minimum atomic E-state index is -4.80. The van der Waals surface area contributed by atoms with E-state index in [0.717, 1.165) is 64.2 Å². The number of hydrogen-bond acceptors (Lipinski definition) is 12. The molecule has 1 saturated carbocycles. The van der Waals surface area contributed by atoms with Gasteiger partial charge < -0.3 is 40.5 Å². The van der Waals surface area contributed by atoms with Crippen LogP contribution in [0.25, 0.3) is 0 Å². The number of phosphoric acid groups is 1. The predicted octanol–water partition coefficient (Wildman–Crippen LogP) is 8.88. The summed E-state index contributed by atoms with van der Waals surface area (Å²) in [5.74, 6) is -3.15. The molecule has 1 aliphatic carbocycles. The number of rotatable bonds is 38. The van der Waals surface area contributed by atoms with E-state index in [2.05, 4.69) is 67.0 Å². The largest absolute Gasteiger partial charge is 0.480 e. The second-order valence-corrected chi connectivity index (χ2v) is 17.6. The number of aliphatic hydroxyl groups excluding tert-OH is 3. The molecule has 0 radical (unpaired) electrons. The van der Waals surface area contributed by atoms with Crippen molar-refractivity contribution in [2.75, 3.05) is 19.8 Å². The van der Waals surface area contributed by atoms with Crippen molar-refractivity contribution >= 4 is 25.7 Å². The highest BCUT2D eigenvalue weighted by atomic mass is 31.2. The van der Waals surface area contributed by atoms with Crippen molar-refractivity contribution in [3.63, 3.8) is 0 Å². The van der Waals surface area contributed by atoms with E-state index in [-0.39, 0.29) is 31.1 Å². The van der Waals surface area contributed by atoms with E-state index in [9.17, 15) is 39.2 Å². The van der Waals surface area contributed by atoms with Crippen LogP contribution in [0.5, 0.6) is 0 Å². The highest BCUT2D eigenvalue weighted by Crippen LogP contribution is 2.43. The summed E-state index contributed by atoms with van der Waals surface area (Å²) >= 11 is 0. The number of unbranched alkanes of at least 4 members (excludes halogenated alkanes) is 9. The fourth-order valence-corrected chi connectivity index (χ4v) is 7.52. The Labute approximate surface area is 377 Å². The maximum Gasteiger partial charge on any atom is 0.472 e. The summed E-state index contributed by atoms with van der Waals surface area (Å²) in [5.41, 5.74) is 5.33. The molecule has 0 spiro atoms. The maximum atomic E-state index is 12.8. The summed E-state index contributed by atoms with van der Waals surface area (Å²) < 4.78 is 32.7. The van der Waals surface area contributed by atoms with Gasteiger partial charge in [0.25, 0.3) is 0 Å². The zero-order valence-electron chi connectivity index (χ0n) is 38.0. The Balaban J connectivity index is 2.51. The molecule has 0 aromatic heterocycles. The summed E-state index contributed by atoms with van der Waals surface area (Å²) in [6, 6.07) is -1.57. The molecule has 0 bridgehead atoms. The van der Waals surface area contributed by atoms with Gasteiger partial charge in [0.05, 0.1) is 31.5 Å². The SMILES string of the molecule is CCCCC/C=C\C/C=C\C/C=C\C/C=C\CCCCCC(=O)OC[C@H](COP(=O)(O)OC[C@H](N)C(=O)O)OC(=O)CCC/C=C/C[C@@H]1[C@@H](/C=C/[C@@H](O)CCCCC)[C@H](O)C[C@@H]1O. The molecule has 0 amide bonds. The fourth-order valence-electron chi connectivity index (χ4n) is 6.75. The Bertz CT molecular complexity index is 1460. The number of aliphatic carboxylic acids is 1. The molecule has 7 N–H and O–H groups in total. The molecule has 0 heterocycles. The molecule has 1 aliphatic rings. The van der Waals surface area contributed by atoms with Crippen LogP contribution in [0.2, 0.25) is 0 Å². The number of aliphatic hydroxyl groups is 3. The number of nitrogens with two attached hydrogens (primary N) is 1. The van der Waals surface area contributed by atoms with Crippen LogP contribution in [0.15, 0.2) is 72.9 Å². The first-order chi connectivity index (χ1) is 30.3. The summed E-state index contributed by atoms with van der Waals surface area (Å²) in [4.78, 5) is 46.3. The lowest BCUT2D eigenvalue weighted by Crippen LogP contribution is -2.34. The van der Waals surface area contributed by atoms with Crippen LogP contribution in [0.4, 0.5) is 0 Å². The smallest absolute Gasteiger partial charge is 0.472 e. The number of esters is 2. The molecule has 63 heavy (non-hydrogen) atoms. The van der Waals surface area contributed by atoms with Crippen LogP contribution < -0.4 is 5.73 Å². The monoisotopic (exact) mass is 910 g/mol. The number of carboxylic acid groups (broad SMARTS) is 1. The van der Waals surface area contributed by atoms with E-state index in [1.807, 2.05) is 18.2 Å². The van der Waals surface area contributed by atoms with Crippen molar-refractivity contribution in [2.24, 2.45) is 17.6 Å². The zero-order chi connectivity index (χ0) is 46.6. The van der Waals surface area contributed by atoms with E-state index in [4.69, 9.17) is 24.8 Å². The third kappa shape index (κ3) is 31.3. The summed E-state index contributed by atoms with van der Waals surface area (Å²) in [5, 5.41) is 40.3. The van der Waals surface area contributed by atoms with Gasteiger partial charge in [-0.15, -0.1) is 0 Å². The summed E-state index contributed by atoms with van der Waals surface area (Å²) in [7, 11) is -4.80. The molecule has 1 unspecified atom stereocenters. The molecular formula is C48H80NO13P. The normalized spacial score (nSPS) is 20.7. The number of carboxylic acids is 1. The van der Waals surface area contributed by atoms with Crippen molar-refractivity contribution in [3.8, 4) is 0 Å². The molecule has 0 saturated heterocycles. The van der Waals surface area contributed by atoms with Gasteiger partial charge in [-0.2, -0.15) is 0 Å². The van der Waals surface area contributed by atoms with Crippen molar-refractivity contribution in [2.45, 2.75) is 179 Å². The van der Waals surface area contributed by atoms with Gasteiger partial charge in [-0.25, -0.2) is 4.57 Å². The second-order valence-electron chi connectivity index (χ2n) is 16.1. The molecular weight excluding hydrogens is 829 g/mol. The van der Waals surface area contributed by atoms with E-state index < -0.39 is 76.0 Å². The van der Waals surface area contributed by atoms with Crippen LogP contribution in [0.3, 0.4) is 0 Å². The van der Waals surface area contributed by atoms with Gasteiger partial charge in [0, 0.05) is 25.2 Å². The van der Waals surface area contributed by atoms with Gasteiger partial charge in [0.15, 0.2) is 6.10 Å². The Kier molecular flexibility index (Phi) is 34.0. The van der Waals surface area contributed by atoms with E-state index in [0.29, 0.717) is 32.1 Å². The Morgan fingerprint density at radius 1 is 0.698 bits per heavy atom. The summed E-state index contributed by atoms with van der Waals surface area (Å²) in [6.07, 6.45) is 37.7. The van der Waals surface area contributed by atoms with E-state index in [1.54, 1.807) is 6.08 Å². The Morgan fingerprint density at radius 2 is 1.25 bits per heavy atom. The molecule has 0 aliphatic heterocycles. The first kappa shape index (κ1) is 57.8. The molecule has 1 rings (SSSR count). The number of carbonyl (C=O) groups excluding carboxylic acids is 2. The third-order valence-electron chi connectivity index (χ3n) is 10.5. The lowest BCUT2D eigenvalue weighted by atomic mass is 9.89. The van der Waals surface area contributed by atoms with Crippen LogP contribution >= 0.6 is 7.82 Å². The van der Waals surface area contributed by atoms with Gasteiger partial charge in [0.1, 0.15) is 12.6 Å². The number of hydrogen-bond donors (Lipinski definition) is 6. The quantitative estimate of drug-likeness (QED) is 0.0147. The predicted molar refractivity (Wildman–Crippen MR) is 246 cm³/mol. The topological polar surface area (TPSA) is 232 Å². The first-order valence-electron chi connectivity index (χ1n) is 23.2. The first-order valence-corrected chi connectivity index (χ1v) is 24.7. The second kappa shape index (κ2) is 37.1. The zero-order valence-corrected chi connectivity index (χ0v) is 38.9. The van der Waals surface area contributed by atoms with Gasteiger partial charge in [0.2, 0.25) is 0 Å². The van der Waals surface area contributed by atoms with E-state index >= 15 is 0 Å². The Hall–Kier alpha value is -3.20. The van der Waals surface area contributed by atoms with Crippen LogP contribution in [0.1, 0.15) is 149 Å². The molecule has 14 nitrogen and oxygen atoms in total. The van der Waals surface area contributed by atoms with E-state index in [1.165, 1.54) is 19.3 Å². The minimum absolute atomic E-state index is 0.0268. The molecule has 0 aromatic rings. The summed E-state index contributed by atoms with van der Waals surface area (Å²) in [6.45, 7) is 2.38. The van der Waals surface area contributed by atoms with Gasteiger partial charge in [-0.1, -0.05) is 125 Å². The Morgan fingerprint density at radius 3 is 1.89 bits per heavy atom. The standard InChI is InChI=1S/C48H80NO13P/c1-3-5-7-8-9-10-11-12-13-14-15-16-17-18-19-20-21-22-27-31-46(53)59-36-40(37-60-63(57,58)61-38-43(49)48(55)56)62-47(54)32-28-24-23-26-30-41-42(45(52)35-44(41)51)34-33-39(50)29-25-6-4-2/h9-10,12-13,15-16,18-19,23,26,33-34,39-45,50-52H,3-8,11,14,17,20-22,24-25,27-32,35-38,49H2,1-2H3,(H,55,56)(H,57,58)/b10-9-,13-12-,16-15-,19-18-,26-23+,34-33+/t39-,40+,41+,42+,43-,44-,45+/m0/s1. The molecule has 15 heteroatoms. The molecule has 8 atom stereocenters. The van der Waals surface area contributed by atoms with Gasteiger partial charge in [-0.05, 0) is 83.0 Å².